The Morgan fingerprint density at radius 3 is 2.62 bits per heavy atom. The summed E-state index contributed by atoms with van der Waals surface area (Å²) in [7, 11) is 1.59. The number of aryl methyl sites for hydroxylation is 1. The van der Waals surface area contributed by atoms with E-state index in [1.165, 1.54) is 0 Å². The fourth-order valence-corrected chi connectivity index (χ4v) is 2.37. The van der Waals surface area contributed by atoms with Crippen molar-refractivity contribution in [2.24, 2.45) is 0 Å². The van der Waals surface area contributed by atoms with Crippen LogP contribution >= 0.6 is 0 Å². The van der Waals surface area contributed by atoms with E-state index in [1.54, 1.807) is 7.11 Å². The van der Waals surface area contributed by atoms with Gasteiger partial charge in [0.2, 0.25) is 5.95 Å². The number of nitrogens with one attached hydrogen (secondary N) is 2. The van der Waals surface area contributed by atoms with Crippen LogP contribution in [0.2, 0.25) is 0 Å². The number of hydrogen-bond acceptors (Lipinski definition) is 5. The van der Waals surface area contributed by atoms with Gasteiger partial charge >= 0.3 is 0 Å². The maximum absolute atomic E-state index is 12.2. The Morgan fingerprint density at radius 2 is 1.92 bits per heavy atom. The number of hydrogen-bond donors (Lipinski definition) is 2. The number of nitrogens with zero attached hydrogens (tertiary/aromatic N) is 2. The molecule has 2 N–H and O–H groups in total. The summed E-state index contributed by atoms with van der Waals surface area (Å²) in [6.07, 6.45) is 0.442. The lowest BCUT2D eigenvalue weighted by Crippen LogP contribution is -2.19. The minimum atomic E-state index is -0.261. The molecule has 0 fully saturated rings. The lowest BCUT2D eigenvalue weighted by molar-refractivity contribution is 0.416. The van der Waals surface area contributed by atoms with Gasteiger partial charge in [-0.2, -0.15) is 0 Å². The molecule has 0 aliphatic rings. The van der Waals surface area contributed by atoms with Crippen molar-refractivity contribution < 1.29 is 4.74 Å². The molecule has 3 aromatic rings. The van der Waals surface area contributed by atoms with Gasteiger partial charge in [-0.3, -0.25) is 9.78 Å². The molecule has 0 aliphatic carbocycles. The van der Waals surface area contributed by atoms with Crippen LogP contribution < -0.4 is 15.6 Å². The van der Waals surface area contributed by atoms with Gasteiger partial charge in [-0.15, -0.1) is 10.2 Å². The molecule has 0 spiro atoms. The summed E-state index contributed by atoms with van der Waals surface area (Å²) in [6, 6.07) is 15.4. The molecule has 0 saturated carbocycles. The van der Waals surface area contributed by atoms with Gasteiger partial charge in [0.25, 0.3) is 5.56 Å². The minimum Gasteiger partial charge on any atom is -0.495 e. The SMILES string of the molecule is COc1ccc(C)cc1Nc1nnc(Cc2ccccc2)c(=O)[nH]1. The van der Waals surface area contributed by atoms with Crippen LogP contribution in [-0.4, -0.2) is 22.3 Å². The third-order valence-electron chi connectivity index (χ3n) is 3.59. The smallest absolute Gasteiger partial charge is 0.274 e. The van der Waals surface area contributed by atoms with Crippen LogP contribution in [0.3, 0.4) is 0 Å². The van der Waals surface area contributed by atoms with Crippen molar-refractivity contribution in [3.8, 4) is 5.75 Å². The second-order valence-electron chi connectivity index (χ2n) is 5.44. The monoisotopic (exact) mass is 322 g/mol. The fraction of sp³-hybridized carbons (Fsp3) is 0.167. The van der Waals surface area contributed by atoms with Gasteiger partial charge in [-0.25, -0.2) is 0 Å². The van der Waals surface area contributed by atoms with Crippen molar-refractivity contribution >= 4 is 11.6 Å². The molecule has 0 atom stereocenters. The average Bonchev–Trinajstić information content (AvgIpc) is 2.58. The minimum absolute atomic E-state index is 0.261. The van der Waals surface area contributed by atoms with E-state index in [2.05, 4.69) is 20.5 Å². The van der Waals surface area contributed by atoms with E-state index < -0.39 is 0 Å². The van der Waals surface area contributed by atoms with Crippen LogP contribution in [0.15, 0.2) is 53.3 Å². The summed E-state index contributed by atoms with van der Waals surface area (Å²) in [5.74, 6) is 0.942. The standard InChI is InChI=1S/C18H18N4O2/c1-12-8-9-16(24-2)14(10-12)19-18-20-17(23)15(21-22-18)11-13-6-4-3-5-7-13/h3-10H,11H2,1-2H3,(H2,19,20,22,23). The molecule has 24 heavy (non-hydrogen) atoms. The first kappa shape index (κ1) is 15.7. The van der Waals surface area contributed by atoms with E-state index in [1.807, 2.05) is 55.5 Å². The Labute approximate surface area is 139 Å². The molecule has 3 rings (SSSR count). The van der Waals surface area contributed by atoms with Crippen molar-refractivity contribution in [3.63, 3.8) is 0 Å². The van der Waals surface area contributed by atoms with Crippen LogP contribution in [0.4, 0.5) is 11.6 Å². The topological polar surface area (TPSA) is 79.9 Å². The fourth-order valence-electron chi connectivity index (χ4n) is 2.37. The number of aromatic amines is 1. The first-order valence-corrected chi connectivity index (χ1v) is 7.57. The maximum atomic E-state index is 12.2. The normalized spacial score (nSPS) is 10.4. The molecule has 0 unspecified atom stereocenters. The van der Waals surface area contributed by atoms with Gasteiger partial charge < -0.3 is 10.1 Å². The quantitative estimate of drug-likeness (QED) is 0.755. The Hall–Kier alpha value is -3.15. The van der Waals surface area contributed by atoms with E-state index in [9.17, 15) is 4.79 Å². The molecule has 122 valence electrons. The highest BCUT2D eigenvalue weighted by Gasteiger charge is 2.08. The van der Waals surface area contributed by atoms with Crippen molar-refractivity contribution in [1.29, 1.82) is 0 Å². The molecule has 6 nitrogen and oxygen atoms in total. The molecular formula is C18H18N4O2. The molecule has 0 radical (unpaired) electrons. The molecule has 0 amide bonds. The zero-order chi connectivity index (χ0) is 16.9. The highest BCUT2D eigenvalue weighted by Crippen LogP contribution is 2.26. The van der Waals surface area contributed by atoms with Crippen molar-refractivity contribution in [1.82, 2.24) is 15.2 Å². The Bertz CT molecular complexity index is 891. The largest absolute Gasteiger partial charge is 0.495 e. The number of ether oxygens (including phenoxy) is 1. The summed E-state index contributed by atoms with van der Waals surface area (Å²) in [5, 5.41) is 11.2. The van der Waals surface area contributed by atoms with Gasteiger partial charge in [-0.1, -0.05) is 36.4 Å². The first-order chi connectivity index (χ1) is 11.7. The Balaban J connectivity index is 1.83. The van der Waals surface area contributed by atoms with Gasteiger partial charge in [0.15, 0.2) is 0 Å². The number of rotatable bonds is 5. The van der Waals surface area contributed by atoms with Crippen LogP contribution in [0.5, 0.6) is 5.75 Å². The highest BCUT2D eigenvalue weighted by molar-refractivity contribution is 5.63. The zero-order valence-corrected chi connectivity index (χ0v) is 13.5. The average molecular weight is 322 g/mol. The second-order valence-corrected chi connectivity index (χ2v) is 5.44. The molecule has 1 heterocycles. The number of H-pyrrole nitrogens is 1. The van der Waals surface area contributed by atoms with Crippen LogP contribution in [0, 0.1) is 6.92 Å². The lowest BCUT2D eigenvalue weighted by Gasteiger charge is -2.11. The van der Waals surface area contributed by atoms with Gasteiger partial charge in [0.05, 0.1) is 12.8 Å². The maximum Gasteiger partial charge on any atom is 0.274 e. The van der Waals surface area contributed by atoms with Crippen LogP contribution in [0.1, 0.15) is 16.8 Å². The lowest BCUT2D eigenvalue weighted by atomic mass is 10.1. The van der Waals surface area contributed by atoms with E-state index in [0.29, 0.717) is 17.9 Å². The van der Waals surface area contributed by atoms with Crippen LogP contribution in [0.25, 0.3) is 0 Å². The van der Waals surface area contributed by atoms with E-state index in [4.69, 9.17) is 4.74 Å². The number of anilines is 2. The predicted molar refractivity (Wildman–Crippen MR) is 92.9 cm³/mol. The number of methoxy groups -OCH3 is 1. The molecule has 1 aromatic heterocycles. The molecule has 0 aliphatic heterocycles. The summed E-state index contributed by atoms with van der Waals surface area (Å²) < 4.78 is 5.30. The van der Waals surface area contributed by atoms with E-state index in [0.717, 1.165) is 16.8 Å². The molecule has 0 saturated heterocycles. The Kier molecular flexibility index (Phi) is 4.56. The van der Waals surface area contributed by atoms with Crippen molar-refractivity contribution in [2.75, 3.05) is 12.4 Å². The third-order valence-corrected chi connectivity index (χ3v) is 3.59. The second kappa shape index (κ2) is 6.95. The molecule has 0 bridgehead atoms. The van der Waals surface area contributed by atoms with E-state index in [-0.39, 0.29) is 11.5 Å². The Morgan fingerprint density at radius 1 is 1.12 bits per heavy atom. The molecular weight excluding hydrogens is 304 g/mol. The highest BCUT2D eigenvalue weighted by atomic mass is 16.5. The molecule has 2 aromatic carbocycles. The molecule has 6 heteroatoms. The van der Waals surface area contributed by atoms with Gasteiger partial charge in [0, 0.05) is 6.42 Å². The van der Waals surface area contributed by atoms with Gasteiger partial charge in [-0.05, 0) is 30.2 Å². The van der Waals surface area contributed by atoms with Crippen molar-refractivity contribution in [2.45, 2.75) is 13.3 Å². The summed E-state index contributed by atoms with van der Waals surface area (Å²) in [4.78, 5) is 14.9. The number of aromatic nitrogens is 3. The van der Waals surface area contributed by atoms with Crippen molar-refractivity contribution in [3.05, 3.63) is 75.7 Å². The summed E-state index contributed by atoms with van der Waals surface area (Å²) >= 11 is 0. The first-order valence-electron chi connectivity index (χ1n) is 7.57. The van der Waals surface area contributed by atoms with Crippen LogP contribution in [-0.2, 0) is 6.42 Å². The summed E-state index contributed by atoms with van der Waals surface area (Å²) in [6.45, 7) is 1.97. The number of benzene rings is 2. The van der Waals surface area contributed by atoms with Gasteiger partial charge in [0.1, 0.15) is 11.4 Å². The zero-order valence-electron chi connectivity index (χ0n) is 13.5. The predicted octanol–water partition coefficient (Wildman–Crippen LogP) is 2.82. The third kappa shape index (κ3) is 3.60. The summed E-state index contributed by atoms with van der Waals surface area (Å²) in [5.41, 5.74) is 2.91. The van der Waals surface area contributed by atoms with E-state index >= 15 is 0 Å².